The lowest BCUT2D eigenvalue weighted by Crippen LogP contribution is -2.11. The second-order valence-electron chi connectivity index (χ2n) is 25.5. The van der Waals surface area contributed by atoms with Crippen LogP contribution < -0.4 is 9.80 Å². The lowest BCUT2D eigenvalue weighted by Gasteiger charge is -2.28. The fourth-order valence-corrected chi connectivity index (χ4v) is 14.2. The van der Waals surface area contributed by atoms with Crippen LogP contribution in [0.25, 0.3) is 132 Å². The Hall–Kier alpha value is -12.4. The number of furan rings is 4. The Balaban J connectivity index is 0.000000176. The second-order valence-corrected chi connectivity index (χ2v) is 26.4. The summed E-state index contributed by atoms with van der Waals surface area (Å²) in [6.45, 7) is 6.45. The summed E-state index contributed by atoms with van der Waals surface area (Å²) in [7, 11) is 0. The van der Waals surface area contributed by atoms with Gasteiger partial charge in [-0.3, -0.25) is 0 Å². The van der Waals surface area contributed by atoms with Crippen molar-refractivity contribution in [2.45, 2.75) is 20.8 Å². The van der Waals surface area contributed by atoms with Gasteiger partial charge in [-0.25, -0.2) is 0 Å². The van der Waals surface area contributed by atoms with Gasteiger partial charge in [0.15, 0.2) is 0 Å². The van der Waals surface area contributed by atoms with Crippen molar-refractivity contribution in [3.05, 3.63) is 361 Å². The van der Waals surface area contributed by atoms with Gasteiger partial charge in [-0.2, -0.15) is 0 Å². The van der Waals surface area contributed by atoms with Gasteiger partial charge in [-0.05, 0) is 222 Å². The number of hydrogen-bond acceptors (Lipinski definition) is 6. The molecule has 19 aromatic rings. The van der Waals surface area contributed by atoms with E-state index < -0.39 is 0 Å². The molecule has 0 N–H and O–H groups in total. The molecule has 0 radical (unpaired) electrons. The van der Waals surface area contributed by atoms with Gasteiger partial charge in [0.25, 0.3) is 0 Å². The summed E-state index contributed by atoms with van der Waals surface area (Å²) in [4.78, 5) is 4.70. The first kappa shape index (κ1) is 61.2. The standard InChI is InChI=1S/C62H44N2O2.C18H11BrO.C13H10O/c1-41-11-3-7-15-57(41)63(51-33-23-45(24-34-51)47-27-37-61-55(39-47)53-13-5-9-17-59(53)65-61)49-29-19-43(20-30-49)44-21-31-50(32-22-44)64(58-16-8-4-12-42(58)2)52-35-25-46(26-36-52)48-28-38-62-56(40-48)54-14-6-10-18-60(54)66-62;19-14-8-5-12(6-9-14)13-7-10-18-16(11-13)15-3-1-2-4-17(15)20-18;1-9-6-7-13-11(8-9)10-4-2-3-5-12(10)14-13/h3-40H,1-2H3;1-11H;2-8H,1H3. The highest BCUT2D eigenvalue weighted by molar-refractivity contribution is 9.10. The van der Waals surface area contributed by atoms with Crippen molar-refractivity contribution in [3.8, 4) is 44.5 Å². The van der Waals surface area contributed by atoms with Gasteiger partial charge in [0.05, 0.1) is 0 Å². The summed E-state index contributed by atoms with van der Waals surface area (Å²) >= 11 is 3.47. The van der Waals surface area contributed by atoms with Crippen molar-refractivity contribution in [1.29, 1.82) is 0 Å². The molecule has 0 unspecified atom stereocenters. The maximum absolute atomic E-state index is 6.11. The molecule has 4 aromatic heterocycles. The predicted molar refractivity (Wildman–Crippen MR) is 421 cm³/mol. The van der Waals surface area contributed by atoms with E-state index in [4.69, 9.17) is 17.7 Å². The summed E-state index contributed by atoms with van der Waals surface area (Å²) in [5.74, 6) is 0. The second kappa shape index (κ2) is 26.2. The molecule has 478 valence electrons. The minimum absolute atomic E-state index is 0.905. The molecule has 0 saturated heterocycles. The van der Waals surface area contributed by atoms with Gasteiger partial charge in [-0.1, -0.05) is 216 Å². The Labute approximate surface area is 587 Å². The molecule has 15 aromatic carbocycles. The van der Waals surface area contributed by atoms with E-state index in [2.05, 4.69) is 313 Å². The van der Waals surface area contributed by atoms with Crippen LogP contribution in [0.5, 0.6) is 0 Å². The van der Waals surface area contributed by atoms with Gasteiger partial charge >= 0.3 is 0 Å². The van der Waals surface area contributed by atoms with Crippen molar-refractivity contribution >= 4 is 138 Å². The first-order valence-electron chi connectivity index (χ1n) is 33.7. The number of benzene rings is 15. The Kier molecular flexibility index (Phi) is 16.0. The van der Waals surface area contributed by atoms with Gasteiger partial charge in [-0.15, -0.1) is 0 Å². The molecule has 0 aliphatic carbocycles. The molecule has 6 nitrogen and oxygen atoms in total. The largest absolute Gasteiger partial charge is 0.456 e. The Bertz CT molecular complexity index is 5950. The van der Waals surface area contributed by atoms with E-state index in [1.807, 2.05) is 72.8 Å². The average Bonchev–Trinajstić information content (AvgIpc) is 1.20. The van der Waals surface area contributed by atoms with Gasteiger partial charge in [0, 0.05) is 81.7 Å². The zero-order chi connectivity index (χ0) is 67.2. The quantitative estimate of drug-likeness (QED) is 0.136. The third-order valence-corrected chi connectivity index (χ3v) is 19.6. The number of hydrogen-bond donors (Lipinski definition) is 0. The van der Waals surface area contributed by atoms with Crippen molar-refractivity contribution in [2.24, 2.45) is 0 Å². The van der Waals surface area contributed by atoms with Gasteiger partial charge < -0.3 is 27.5 Å². The highest BCUT2D eigenvalue weighted by atomic mass is 79.9. The lowest BCUT2D eigenvalue weighted by atomic mass is 10.0. The van der Waals surface area contributed by atoms with Crippen molar-refractivity contribution < 1.29 is 17.7 Å². The number of rotatable bonds is 10. The van der Waals surface area contributed by atoms with Crippen LogP contribution in [0.3, 0.4) is 0 Å². The molecule has 0 amide bonds. The highest BCUT2D eigenvalue weighted by Gasteiger charge is 2.19. The van der Waals surface area contributed by atoms with Crippen LogP contribution in [0.15, 0.2) is 362 Å². The van der Waals surface area contributed by atoms with E-state index in [1.54, 1.807) is 0 Å². The molecule has 0 spiro atoms. The van der Waals surface area contributed by atoms with E-state index >= 15 is 0 Å². The summed E-state index contributed by atoms with van der Waals surface area (Å²) in [6, 6.07) is 120. The molecule has 0 aliphatic heterocycles. The van der Waals surface area contributed by atoms with Crippen LogP contribution in [0, 0.1) is 20.8 Å². The van der Waals surface area contributed by atoms with Crippen LogP contribution >= 0.6 is 15.9 Å². The maximum atomic E-state index is 6.11. The Morgan fingerprint density at radius 2 is 0.450 bits per heavy atom. The normalized spacial score (nSPS) is 11.4. The van der Waals surface area contributed by atoms with Crippen LogP contribution in [-0.4, -0.2) is 0 Å². The van der Waals surface area contributed by atoms with Gasteiger partial charge in [0.2, 0.25) is 0 Å². The number of fused-ring (bicyclic) bond motifs is 12. The van der Waals surface area contributed by atoms with Crippen molar-refractivity contribution in [2.75, 3.05) is 9.80 Å². The topological polar surface area (TPSA) is 59.0 Å². The molecule has 0 aliphatic rings. The van der Waals surface area contributed by atoms with Crippen molar-refractivity contribution in [3.63, 3.8) is 0 Å². The van der Waals surface area contributed by atoms with E-state index in [1.165, 1.54) is 49.4 Å². The molecule has 4 heterocycles. The number of anilines is 6. The van der Waals surface area contributed by atoms with Crippen LogP contribution in [-0.2, 0) is 0 Å². The van der Waals surface area contributed by atoms with Gasteiger partial charge in [0.1, 0.15) is 44.7 Å². The SMILES string of the molecule is Brc1ccc(-c2ccc3oc4ccccc4c3c2)cc1.Cc1ccc2oc3ccccc3c2c1.Cc1ccccc1N(c1ccc(-c2ccc(N(c3ccc(-c4ccc5oc6ccccc6c5c4)cc3)c3ccccc3C)cc2)cc1)c1ccc(-c2ccc3oc4ccccc4c3c2)cc1. The zero-order valence-electron chi connectivity index (χ0n) is 55.2. The number of nitrogens with zero attached hydrogens (tertiary/aromatic N) is 2. The number of halogens is 1. The highest BCUT2D eigenvalue weighted by Crippen LogP contribution is 2.43. The van der Waals surface area contributed by atoms with E-state index in [0.717, 1.165) is 138 Å². The minimum atomic E-state index is 0.905. The smallest absolute Gasteiger partial charge is 0.135 e. The molecule has 19 rings (SSSR count). The third kappa shape index (κ3) is 11.8. The maximum Gasteiger partial charge on any atom is 0.135 e. The molecule has 0 fully saturated rings. The number of para-hydroxylation sites is 6. The van der Waals surface area contributed by atoms with E-state index in [9.17, 15) is 0 Å². The molecule has 7 heteroatoms. The first-order valence-corrected chi connectivity index (χ1v) is 34.5. The summed E-state index contributed by atoms with van der Waals surface area (Å²) < 4.78 is 24.9. The average molecular weight is 1350 g/mol. The molecular formula is C93H65BrN2O4. The minimum Gasteiger partial charge on any atom is -0.456 e. The third-order valence-electron chi connectivity index (χ3n) is 19.1. The summed E-state index contributed by atoms with van der Waals surface area (Å²) in [5.41, 5.74) is 27.1. The molecule has 0 atom stereocenters. The van der Waals surface area contributed by atoms with E-state index in [-0.39, 0.29) is 0 Å². The van der Waals surface area contributed by atoms with Crippen molar-refractivity contribution in [1.82, 2.24) is 0 Å². The Morgan fingerprint density at radius 3 is 0.770 bits per heavy atom. The summed E-state index contributed by atoms with van der Waals surface area (Å²) in [6.07, 6.45) is 0. The molecule has 0 bridgehead atoms. The predicted octanol–water partition coefficient (Wildman–Crippen LogP) is 28.0. The first-order chi connectivity index (χ1) is 49.2. The summed E-state index contributed by atoms with van der Waals surface area (Å²) in [5, 5.41) is 9.28. The molecule has 0 saturated carbocycles. The van der Waals surface area contributed by atoms with Crippen LogP contribution in [0.2, 0.25) is 0 Å². The number of aryl methyl sites for hydroxylation is 3. The van der Waals surface area contributed by atoms with Crippen LogP contribution in [0.1, 0.15) is 16.7 Å². The van der Waals surface area contributed by atoms with E-state index in [0.29, 0.717) is 0 Å². The molecule has 100 heavy (non-hydrogen) atoms. The lowest BCUT2D eigenvalue weighted by molar-refractivity contribution is 0.668. The Morgan fingerprint density at radius 1 is 0.210 bits per heavy atom. The fourth-order valence-electron chi connectivity index (χ4n) is 13.9. The monoisotopic (exact) mass is 1350 g/mol. The van der Waals surface area contributed by atoms with Crippen LogP contribution in [0.4, 0.5) is 34.1 Å². The molecular weight excluding hydrogens is 1290 g/mol. The fraction of sp³-hybridized carbons (Fsp3) is 0.0323. The zero-order valence-corrected chi connectivity index (χ0v) is 56.8.